The SMILES string of the molecule is Fc1c(F)c(F)[c]([Al]([c]2c(F)c(F)c(F)c(F)c2F)[c]2c(F)c(F)c(F)c(F)c2F)c(F)c1F.Fc1c(F)c(F)[c]([Al]([c]2c(F)c(F)c(F)c(F)c2F)[c]2c(F)c(F)c(F)c(F)c2F)c(F)c1F.[c-]1c[nH]nn1. The molecule has 0 spiro atoms. The van der Waals surface area contributed by atoms with Gasteiger partial charge in [-0.25, -0.2) is 132 Å². The van der Waals surface area contributed by atoms with Crippen molar-refractivity contribution in [2.75, 3.05) is 0 Å². The summed E-state index contributed by atoms with van der Waals surface area (Å²) in [5, 5.41) is 9.03. The number of nitrogens with zero attached hydrogens (tertiary/aromatic N) is 2. The lowest BCUT2D eigenvalue weighted by molar-refractivity contribution is 0.380. The first kappa shape index (κ1) is 57.3. The van der Waals surface area contributed by atoms with Crippen LogP contribution in [0.15, 0.2) is 6.20 Å². The van der Waals surface area contributed by atoms with E-state index in [0.717, 1.165) is 0 Å². The van der Waals surface area contributed by atoms with Gasteiger partial charge in [0.2, 0.25) is 0 Å². The van der Waals surface area contributed by atoms with Crippen molar-refractivity contribution < 1.29 is 132 Å². The number of nitrogens with one attached hydrogen (secondary N) is 1. The Morgan fingerprint density at radius 3 is 0.425 bits per heavy atom. The molecule has 0 bridgehead atoms. The van der Waals surface area contributed by atoms with Crippen LogP contribution in [0.4, 0.5) is 132 Å². The molecule has 3 nitrogen and oxygen atoms in total. The maximum Gasteiger partial charge on any atom is 0.413 e. The highest BCUT2D eigenvalue weighted by Gasteiger charge is 2.49. The van der Waals surface area contributed by atoms with Crippen LogP contribution < -0.4 is 26.6 Å². The molecule has 0 amide bonds. The highest BCUT2D eigenvalue weighted by atomic mass is 27.2. The molecule has 7 rings (SSSR count). The maximum absolute atomic E-state index is 14.4. The fourth-order valence-electron chi connectivity index (χ4n) is 6.26. The summed E-state index contributed by atoms with van der Waals surface area (Å²) < 4.78 is 403. The number of H-pyrrole nitrogens is 1. The Balaban J connectivity index is 0.000000246. The molecule has 0 atom stereocenters. The minimum Gasteiger partial charge on any atom is -0.352 e. The third kappa shape index (κ3) is 9.50. The van der Waals surface area contributed by atoms with Crippen LogP contribution in [-0.4, -0.2) is 43.7 Å². The zero-order valence-electron chi connectivity index (χ0n) is 33.0. The Morgan fingerprint density at radius 2 is 0.342 bits per heavy atom. The van der Waals surface area contributed by atoms with Gasteiger partial charge in [0, 0.05) is 0 Å². The fourth-order valence-corrected chi connectivity index (χ4v) is 12.6. The van der Waals surface area contributed by atoms with Crippen LogP contribution in [0.3, 0.4) is 0 Å². The van der Waals surface area contributed by atoms with Gasteiger partial charge >= 0.3 is 28.3 Å². The van der Waals surface area contributed by atoms with Crippen molar-refractivity contribution in [3.63, 3.8) is 0 Å². The van der Waals surface area contributed by atoms with Gasteiger partial charge in [-0.05, 0) is 26.6 Å². The van der Waals surface area contributed by atoms with Gasteiger partial charge in [0.15, 0.2) is 175 Å². The molecule has 386 valence electrons. The Hall–Kier alpha value is -6.58. The van der Waals surface area contributed by atoms with Crippen molar-refractivity contribution in [1.29, 1.82) is 0 Å². The van der Waals surface area contributed by atoms with Crippen LogP contribution in [0.1, 0.15) is 0 Å². The van der Waals surface area contributed by atoms with Crippen molar-refractivity contribution in [3.8, 4) is 0 Å². The van der Waals surface area contributed by atoms with Gasteiger partial charge in [0.1, 0.15) is 0 Å². The second kappa shape index (κ2) is 21.5. The molecular formula is C38H2Al2F30N3-. The van der Waals surface area contributed by atoms with Crippen LogP contribution in [-0.2, 0) is 0 Å². The van der Waals surface area contributed by atoms with Crippen LogP contribution in [0.2, 0.25) is 0 Å². The predicted octanol–water partition coefficient (Wildman–Crippen LogP) is 8.18. The highest BCUT2D eigenvalue weighted by molar-refractivity contribution is 6.96. The highest BCUT2D eigenvalue weighted by Crippen LogP contribution is 2.26. The van der Waals surface area contributed by atoms with E-state index >= 15 is 0 Å². The summed E-state index contributed by atoms with van der Waals surface area (Å²) in [5.74, 6) is -89.2. The van der Waals surface area contributed by atoms with Gasteiger partial charge in [0.05, 0.1) is 0 Å². The molecule has 1 heterocycles. The van der Waals surface area contributed by atoms with Crippen molar-refractivity contribution in [3.05, 3.63) is 187 Å². The van der Waals surface area contributed by atoms with Gasteiger partial charge in [-0.15, -0.1) is 11.4 Å². The predicted molar refractivity (Wildman–Crippen MR) is 182 cm³/mol. The average molecular weight is 1120 g/mol. The van der Waals surface area contributed by atoms with E-state index in [-0.39, 0.29) is 0 Å². The Morgan fingerprint density at radius 1 is 0.219 bits per heavy atom. The summed E-state index contributed by atoms with van der Waals surface area (Å²) in [5.41, 5.74) is 0. The van der Waals surface area contributed by atoms with E-state index in [1.54, 1.807) is 0 Å². The lowest BCUT2D eigenvalue weighted by atomic mass is 10.3. The fraction of sp³-hybridized carbons (Fsp3) is 0. The van der Waals surface area contributed by atoms with Crippen molar-refractivity contribution in [2.45, 2.75) is 0 Å². The minimum atomic E-state index is -5.96. The van der Waals surface area contributed by atoms with E-state index < -0.39 is 229 Å². The second-order valence-electron chi connectivity index (χ2n) is 13.4. The molecule has 7 aromatic rings. The summed E-state index contributed by atoms with van der Waals surface area (Å²) in [6.45, 7) is 0. The number of aromatic amines is 1. The lowest BCUT2D eigenvalue weighted by Gasteiger charge is -2.20. The Bertz CT molecular complexity index is 2660. The van der Waals surface area contributed by atoms with E-state index in [9.17, 15) is 132 Å². The average Bonchev–Trinajstić information content (AvgIpc) is 3.97. The monoisotopic (exact) mass is 1120 g/mol. The lowest BCUT2D eigenvalue weighted by Crippen LogP contribution is -2.60. The molecule has 35 heteroatoms. The van der Waals surface area contributed by atoms with Crippen molar-refractivity contribution >= 4 is 54.8 Å². The van der Waals surface area contributed by atoms with Crippen LogP contribution in [0.5, 0.6) is 0 Å². The zero-order chi connectivity index (χ0) is 55.5. The summed E-state index contributed by atoms with van der Waals surface area (Å²) in [6, 6.07) is 0. The van der Waals surface area contributed by atoms with E-state index in [0.29, 0.717) is 0 Å². The minimum absolute atomic E-state index is 1.53. The zero-order valence-corrected chi connectivity index (χ0v) is 35.3. The van der Waals surface area contributed by atoms with Crippen molar-refractivity contribution in [1.82, 2.24) is 15.4 Å². The largest absolute Gasteiger partial charge is 0.413 e. The molecule has 0 unspecified atom stereocenters. The molecule has 0 radical (unpaired) electrons. The smallest absolute Gasteiger partial charge is 0.352 e. The summed E-state index contributed by atoms with van der Waals surface area (Å²) in [6.07, 6.45) is 3.97. The second-order valence-corrected chi connectivity index (χ2v) is 18.6. The number of rotatable bonds is 6. The van der Waals surface area contributed by atoms with Crippen LogP contribution >= 0.6 is 0 Å². The summed E-state index contributed by atoms with van der Waals surface area (Å²) >= 11 is -11.9. The molecule has 1 aromatic heterocycles. The molecule has 0 fully saturated rings. The van der Waals surface area contributed by atoms with Gasteiger partial charge < -0.3 is 16.4 Å². The molecular weight excluding hydrogens is 1120 g/mol. The van der Waals surface area contributed by atoms with Gasteiger partial charge in [-0.2, -0.15) is 0 Å². The Kier molecular flexibility index (Phi) is 16.9. The molecule has 73 heavy (non-hydrogen) atoms. The quantitative estimate of drug-likeness (QED) is 0.0601. The summed E-state index contributed by atoms with van der Waals surface area (Å²) in [4.78, 5) is 0. The number of halogens is 30. The molecule has 0 saturated carbocycles. The van der Waals surface area contributed by atoms with E-state index in [2.05, 4.69) is 21.6 Å². The maximum atomic E-state index is 14.4. The van der Waals surface area contributed by atoms with Crippen LogP contribution in [0.25, 0.3) is 0 Å². The van der Waals surface area contributed by atoms with Crippen LogP contribution in [0, 0.1) is 181 Å². The Labute approximate surface area is 388 Å². The molecule has 0 aliphatic heterocycles. The third-order valence-electron chi connectivity index (χ3n) is 9.49. The third-order valence-corrected chi connectivity index (χ3v) is 16.0. The first-order chi connectivity index (χ1) is 33.8. The first-order valence-electron chi connectivity index (χ1n) is 17.6. The van der Waals surface area contributed by atoms with Gasteiger partial charge in [-0.1, -0.05) is 0 Å². The molecule has 0 aliphatic rings. The molecule has 1 N–H and O–H groups in total. The van der Waals surface area contributed by atoms with E-state index in [4.69, 9.17) is 0 Å². The van der Waals surface area contributed by atoms with Crippen molar-refractivity contribution in [2.24, 2.45) is 0 Å². The number of aromatic nitrogens is 3. The van der Waals surface area contributed by atoms with E-state index in [1.807, 2.05) is 0 Å². The molecule has 0 saturated heterocycles. The first-order valence-corrected chi connectivity index (χ1v) is 21.1. The number of benzene rings is 6. The summed E-state index contributed by atoms with van der Waals surface area (Å²) in [7, 11) is 0. The van der Waals surface area contributed by atoms with Gasteiger partial charge in [-0.3, -0.25) is 0 Å². The topological polar surface area (TPSA) is 41.6 Å². The van der Waals surface area contributed by atoms with Gasteiger partial charge in [0.25, 0.3) is 0 Å². The number of hydrogen-bond acceptors (Lipinski definition) is 2. The van der Waals surface area contributed by atoms with E-state index in [1.165, 1.54) is 6.20 Å². The number of hydrogen-bond donors (Lipinski definition) is 1. The normalized spacial score (nSPS) is 11.2. The standard InChI is InChI=1S/6C6F5.C2H2N3.2Al/c6*7-2-1-3(8)5(10)6(11)4(2)9;1-2-4-5-3-1;;/h;;;;;;1H,(H,3,4,5);;/q;;;;;;-1;;. The molecule has 0 aliphatic carbocycles. The molecule has 6 aromatic carbocycles.